The van der Waals surface area contributed by atoms with Gasteiger partial charge in [0.2, 0.25) is 0 Å². The second kappa shape index (κ2) is 9.06. The molecule has 0 amide bonds. The predicted molar refractivity (Wildman–Crippen MR) is 85.3 cm³/mol. The molecule has 0 atom stereocenters. The first-order valence-electron chi connectivity index (χ1n) is 7.92. The van der Waals surface area contributed by atoms with Crippen molar-refractivity contribution in [1.82, 2.24) is 4.98 Å². The Morgan fingerprint density at radius 1 is 0.889 bits per heavy atom. The summed E-state index contributed by atoms with van der Waals surface area (Å²) in [5.41, 5.74) is 0. The third kappa shape index (κ3) is 4.64. The molecule has 2 heteroatoms. The van der Waals surface area contributed by atoms with Gasteiger partial charge in [-0.2, -0.15) is 0 Å². The average Bonchev–Trinajstić information content (AvgIpc) is 2.93. The fourth-order valence-electron chi connectivity index (χ4n) is 3.01. The van der Waals surface area contributed by atoms with Crippen molar-refractivity contribution in [2.24, 2.45) is 0 Å². The van der Waals surface area contributed by atoms with E-state index in [2.05, 4.69) is 44.2 Å². The first kappa shape index (κ1) is 16.1. The summed E-state index contributed by atoms with van der Waals surface area (Å²) in [5.74, 6) is 0. The summed E-state index contributed by atoms with van der Waals surface area (Å²) in [6.45, 7) is 7.02. The number of hydrogen-bond acceptors (Lipinski definition) is 0. The Kier molecular flexibility index (Phi) is 8.12. The second-order valence-corrected chi connectivity index (χ2v) is 18.9. The summed E-state index contributed by atoms with van der Waals surface area (Å²) in [6, 6.07) is 2.40. The van der Waals surface area contributed by atoms with Crippen LogP contribution >= 0.6 is 0 Å². The zero-order chi connectivity index (χ0) is 13.3. The number of aromatic nitrogens is 1. The molecule has 18 heavy (non-hydrogen) atoms. The molecule has 1 nitrogen and oxygen atoms in total. The first-order chi connectivity index (χ1) is 8.79. The quantitative estimate of drug-likeness (QED) is 0.564. The SMILES string of the molecule is CCC[CH2][Sn]([CH2]CCC)([CH2]CCC)[c]1cc[nH]c1. The molecular formula is C16H31NSn. The van der Waals surface area contributed by atoms with E-state index in [1.54, 1.807) is 16.9 Å². The number of H-pyrrole nitrogens is 1. The summed E-state index contributed by atoms with van der Waals surface area (Å²) in [7, 11) is 0. The maximum absolute atomic E-state index is 3.32. The molecule has 0 saturated carbocycles. The molecule has 0 aliphatic carbocycles. The van der Waals surface area contributed by atoms with Crippen molar-refractivity contribution in [1.29, 1.82) is 0 Å². The Morgan fingerprint density at radius 3 is 1.72 bits per heavy atom. The molecular weight excluding hydrogens is 325 g/mol. The molecule has 0 aromatic carbocycles. The van der Waals surface area contributed by atoms with Crippen molar-refractivity contribution in [2.75, 3.05) is 0 Å². The van der Waals surface area contributed by atoms with Crippen LogP contribution in [-0.2, 0) is 0 Å². The predicted octanol–water partition coefficient (Wildman–Crippen LogP) is 5.07. The van der Waals surface area contributed by atoms with Crippen LogP contribution in [-0.4, -0.2) is 23.4 Å². The van der Waals surface area contributed by atoms with Gasteiger partial charge in [0, 0.05) is 0 Å². The Hall–Kier alpha value is 0.0787. The minimum atomic E-state index is -2.06. The van der Waals surface area contributed by atoms with E-state index in [-0.39, 0.29) is 0 Å². The number of hydrogen-bond donors (Lipinski definition) is 1. The van der Waals surface area contributed by atoms with Crippen molar-refractivity contribution < 1.29 is 0 Å². The van der Waals surface area contributed by atoms with E-state index in [1.807, 2.05) is 0 Å². The summed E-state index contributed by atoms with van der Waals surface area (Å²) >= 11 is -2.06. The van der Waals surface area contributed by atoms with E-state index in [4.69, 9.17) is 0 Å². The molecule has 1 rings (SSSR count). The van der Waals surface area contributed by atoms with E-state index < -0.39 is 18.4 Å². The molecule has 0 fully saturated rings. The minimum absolute atomic E-state index is 1.36. The van der Waals surface area contributed by atoms with Gasteiger partial charge in [-0.05, 0) is 0 Å². The zero-order valence-corrected chi connectivity index (χ0v) is 15.5. The van der Waals surface area contributed by atoms with Gasteiger partial charge >= 0.3 is 118 Å². The van der Waals surface area contributed by atoms with Crippen molar-refractivity contribution in [2.45, 2.75) is 72.6 Å². The van der Waals surface area contributed by atoms with Gasteiger partial charge < -0.3 is 0 Å². The maximum atomic E-state index is 3.32. The number of aromatic amines is 1. The van der Waals surface area contributed by atoms with Crippen LogP contribution in [0.2, 0.25) is 13.3 Å². The third-order valence-corrected chi connectivity index (χ3v) is 19.8. The molecule has 0 unspecified atom stereocenters. The Labute approximate surface area is 118 Å². The standard InChI is InChI=1S/C4H4N.3C4H9.Sn/c1-2-4-5-3-1;3*1-3-4-2;/h1,3-5H;3*1,3-4H2,2H3;. The first-order valence-corrected chi connectivity index (χ1v) is 15.4. The van der Waals surface area contributed by atoms with Crippen molar-refractivity contribution in [3.63, 3.8) is 0 Å². The van der Waals surface area contributed by atoms with Crippen molar-refractivity contribution in [3.8, 4) is 0 Å². The zero-order valence-electron chi connectivity index (χ0n) is 12.6. The number of nitrogens with one attached hydrogen (secondary N) is 1. The molecule has 0 saturated heterocycles. The van der Waals surface area contributed by atoms with Gasteiger partial charge in [0.1, 0.15) is 0 Å². The Bertz CT molecular complexity index is 270. The van der Waals surface area contributed by atoms with Crippen LogP contribution in [0.15, 0.2) is 18.5 Å². The van der Waals surface area contributed by atoms with Gasteiger partial charge in [0.25, 0.3) is 0 Å². The van der Waals surface area contributed by atoms with E-state index >= 15 is 0 Å². The normalized spacial score (nSPS) is 11.9. The summed E-state index contributed by atoms with van der Waals surface area (Å²) in [6.07, 6.45) is 12.9. The molecule has 0 aliphatic rings. The van der Waals surface area contributed by atoms with Crippen LogP contribution in [0.1, 0.15) is 59.3 Å². The second-order valence-electron chi connectivity index (χ2n) is 5.69. The summed E-state index contributed by atoms with van der Waals surface area (Å²) in [4.78, 5) is 3.32. The Morgan fingerprint density at radius 2 is 1.39 bits per heavy atom. The van der Waals surface area contributed by atoms with Gasteiger partial charge in [0.05, 0.1) is 0 Å². The van der Waals surface area contributed by atoms with E-state index in [0.29, 0.717) is 0 Å². The van der Waals surface area contributed by atoms with Gasteiger partial charge in [0.15, 0.2) is 0 Å². The molecule has 1 aromatic rings. The third-order valence-electron chi connectivity index (χ3n) is 4.24. The van der Waals surface area contributed by atoms with Crippen molar-refractivity contribution >= 4 is 22.0 Å². The molecule has 0 spiro atoms. The van der Waals surface area contributed by atoms with Crippen LogP contribution in [0.5, 0.6) is 0 Å². The summed E-state index contributed by atoms with van der Waals surface area (Å²) < 4.78 is 6.48. The topological polar surface area (TPSA) is 15.8 Å². The van der Waals surface area contributed by atoms with E-state index in [0.717, 1.165) is 0 Å². The fourth-order valence-corrected chi connectivity index (χ4v) is 18.8. The molecule has 0 aliphatic heterocycles. The van der Waals surface area contributed by atoms with Gasteiger partial charge in [-0.1, -0.05) is 0 Å². The van der Waals surface area contributed by atoms with Gasteiger partial charge in [-0.25, -0.2) is 0 Å². The van der Waals surface area contributed by atoms with E-state index in [9.17, 15) is 0 Å². The van der Waals surface area contributed by atoms with Gasteiger partial charge in [-0.15, -0.1) is 0 Å². The summed E-state index contributed by atoms with van der Waals surface area (Å²) in [5, 5.41) is 0. The van der Waals surface area contributed by atoms with Crippen LogP contribution in [0.4, 0.5) is 0 Å². The van der Waals surface area contributed by atoms with Crippen LogP contribution in [0.3, 0.4) is 0 Å². The monoisotopic (exact) mass is 357 g/mol. The van der Waals surface area contributed by atoms with Crippen LogP contribution in [0.25, 0.3) is 0 Å². The van der Waals surface area contributed by atoms with Gasteiger partial charge in [-0.3, -0.25) is 0 Å². The fraction of sp³-hybridized carbons (Fsp3) is 0.750. The van der Waals surface area contributed by atoms with Crippen molar-refractivity contribution in [3.05, 3.63) is 18.5 Å². The molecule has 104 valence electrons. The number of unbranched alkanes of at least 4 members (excludes halogenated alkanes) is 3. The molecule has 0 radical (unpaired) electrons. The van der Waals surface area contributed by atoms with Crippen LogP contribution in [0, 0.1) is 0 Å². The molecule has 1 heterocycles. The average molecular weight is 356 g/mol. The van der Waals surface area contributed by atoms with E-state index in [1.165, 1.54) is 38.5 Å². The molecule has 1 N–H and O–H groups in total. The number of rotatable bonds is 10. The van der Waals surface area contributed by atoms with Crippen LogP contribution < -0.4 is 3.58 Å². The molecule has 1 aromatic heterocycles. The Balaban J connectivity index is 2.84. The molecule has 0 bridgehead atoms.